The maximum atomic E-state index is 11.0. The van der Waals surface area contributed by atoms with Crippen LogP contribution in [0.2, 0.25) is 0 Å². The van der Waals surface area contributed by atoms with Crippen LogP contribution in [0.25, 0.3) is 0 Å². The normalized spacial score (nSPS) is 11.4. The first-order chi connectivity index (χ1) is 6.57. The van der Waals surface area contributed by atoms with Gasteiger partial charge < -0.3 is 11.1 Å². The second-order valence-corrected chi connectivity index (χ2v) is 2.76. The summed E-state index contributed by atoms with van der Waals surface area (Å²) in [7, 11) is 0. The van der Waals surface area contributed by atoms with Crippen LogP contribution in [-0.4, -0.2) is 30.9 Å². The van der Waals surface area contributed by atoms with E-state index in [-0.39, 0.29) is 18.9 Å². The van der Waals surface area contributed by atoms with Crippen LogP contribution in [0.5, 0.6) is 0 Å². The number of hydrogen-bond acceptors (Lipinski definition) is 4. The summed E-state index contributed by atoms with van der Waals surface area (Å²) in [5.41, 5.74) is 4.97. The van der Waals surface area contributed by atoms with E-state index in [2.05, 4.69) is 10.6 Å². The van der Waals surface area contributed by atoms with Gasteiger partial charge in [-0.2, -0.15) is 5.26 Å². The average Bonchev–Trinajstić information content (AvgIpc) is 2.14. The first-order valence-electron chi connectivity index (χ1n) is 4.24. The Kier molecular flexibility index (Phi) is 6.07. The molecule has 0 aliphatic rings. The van der Waals surface area contributed by atoms with Gasteiger partial charge in [0.05, 0.1) is 25.1 Å². The van der Waals surface area contributed by atoms with Gasteiger partial charge in [-0.25, -0.2) is 0 Å². The van der Waals surface area contributed by atoms with Gasteiger partial charge in [-0.05, 0) is 6.92 Å². The number of carbonyl (C=O) groups is 2. The Bertz CT molecular complexity index is 246. The van der Waals surface area contributed by atoms with Crippen LogP contribution in [0.1, 0.15) is 13.3 Å². The third-order valence-corrected chi connectivity index (χ3v) is 1.55. The van der Waals surface area contributed by atoms with E-state index in [1.807, 2.05) is 6.07 Å². The molecule has 1 unspecified atom stereocenters. The van der Waals surface area contributed by atoms with Crippen molar-refractivity contribution in [3.8, 4) is 6.07 Å². The van der Waals surface area contributed by atoms with Crippen molar-refractivity contribution in [3.05, 3.63) is 0 Å². The molecule has 78 valence electrons. The Balaban J connectivity index is 3.54. The molecule has 0 fully saturated rings. The third kappa shape index (κ3) is 5.97. The molecule has 0 aliphatic carbocycles. The molecule has 4 N–H and O–H groups in total. The number of hydrogen-bond donors (Lipinski definition) is 3. The molecule has 2 amide bonds. The Morgan fingerprint density at radius 2 is 2.21 bits per heavy atom. The molecule has 0 saturated carbocycles. The van der Waals surface area contributed by atoms with E-state index in [4.69, 9.17) is 11.0 Å². The SMILES string of the molecule is CC(NCC(=O)NCCC#N)C(N)=O. The number of rotatable bonds is 6. The third-order valence-electron chi connectivity index (χ3n) is 1.55. The lowest BCUT2D eigenvalue weighted by molar-refractivity contribution is -0.121. The summed E-state index contributed by atoms with van der Waals surface area (Å²) in [5.74, 6) is -0.761. The Morgan fingerprint density at radius 1 is 1.57 bits per heavy atom. The number of nitrogens with zero attached hydrogens (tertiary/aromatic N) is 1. The molecule has 0 aromatic rings. The monoisotopic (exact) mass is 198 g/mol. The van der Waals surface area contributed by atoms with Gasteiger partial charge in [0.15, 0.2) is 0 Å². The van der Waals surface area contributed by atoms with Crippen LogP contribution in [0, 0.1) is 11.3 Å². The van der Waals surface area contributed by atoms with Crippen molar-refractivity contribution < 1.29 is 9.59 Å². The molecule has 0 aromatic heterocycles. The smallest absolute Gasteiger partial charge is 0.234 e. The lowest BCUT2D eigenvalue weighted by Gasteiger charge is -2.09. The molecule has 6 nitrogen and oxygen atoms in total. The zero-order valence-electron chi connectivity index (χ0n) is 8.04. The minimum atomic E-state index is -0.531. The second kappa shape index (κ2) is 6.86. The van der Waals surface area contributed by atoms with Crippen LogP contribution in [0.15, 0.2) is 0 Å². The van der Waals surface area contributed by atoms with Crippen LogP contribution in [0.4, 0.5) is 0 Å². The van der Waals surface area contributed by atoms with E-state index < -0.39 is 11.9 Å². The first-order valence-corrected chi connectivity index (χ1v) is 4.24. The van der Waals surface area contributed by atoms with Gasteiger partial charge in [0.1, 0.15) is 0 Å². The predicted molar refractivity (Wildman–Crippen MR) is 49.9 cm³/mol. The maximum absolute atomic E-state index is 11.0. The Morgan fingerprint density at radius 3 is 2.71 bits per heavy atom. The molecule has 0 spiro atoms. The predicted octanol–water partition coefficient (Wildman–Crippen LogP) is -1.52. The van der Waals surface area contributed by atoms with E-state index in [0.717, 1.165) is 0 Å². The lowest BCUT2D eigenvalue weighted by Crippen LogP contribution is -2.44. The highest BCUT2D eigenvalue weighted by atomic mass is 16.2. The zero-order valence-corrected chi connectivity index (χ0v) is 8.04. The molecule has 0 bridgehead atoms. The molecule has 0 rings (SSSR count). The fourth-order valence-corrected chi connectivity index (χ4v) is 0.667. The number of carbonyl (C=O) groups excluding carboxylic acids is 2. The van der Waals surface area contributed by atoms with Crippen molar-refractivity contribution in [2.75, 3.05) is 13.1 Å². The summed E-state index contributed by atoms with van der Waals surface area (Å²) in [4.78, 5) is 21.6. The van der Waals surface area contributed by atoms with E-state index in [9.17, 15) is 9.59 Å². The number of amides is 2. The summed E-state index contributed by atoms with van der Waals surface area (Å²) >= 11 is 0. The maximum Gasteiger partial charge on any atom is 0.234 e. The fourth-order valence-electron chi connectivity index (χ4n) is 0.667. The van der Waals surface area contributed by atoms with Crippen molar-refractivity contribution >= 4 is 11.8 Å². The Hall–Kier alpha value is -1.61. The van der Waals surface area contributed by atoms with Crippen molar-refractivity contribution in [2.24, 2.45) is 5.73 Å². The molecule has 0 saturated heterocycles. The second-order valence-electron chi connectivity index (χ2n) is 2.76. The first kappa shape index (κ1) is 12.4. The van der Waals surface area contributed by atoms with E-state index >= 15 is 0 Å². The minimum Gasteiger partial charge on any atom is -0.368 e. The van der Waals surface area contributed by atoms with Gasteiger partial charge in [-0.3, -0.25) is 14.9 Å². The highest BCUT2D eigenvalue weighted by Crippen LogP contribution is 1.78. The molecule has 0 aliphatic heterocycles. The average molecular weight is 198 g/mol. The van der Waals surface area contributed by atoms with Gasteiger partial charge in [0.2, 0.25) is 11.8 Å². The largest absolute Gasteiger partial charge is 0.368 e. The molecular weight excluding hydrogens is 184 g/mol. The van der Waals surface area contributed by atoms with Crippen molar-refractivity contribution in [3.63, 3.8) is 0 Å². The van der Waals surface area contributed by atoms with Gasteiger partial charge in [-0.1, -0.05) is 0 Å². The summed E-state index contributed by atoms with van der Waals surface area (Å²) in [6.07, 6.45) is 0.275. The van der Waals surface area contributed by atoms with Crippen molar-refractivity contribution in [2.45, 2.75) is 19.4 Å². The van der Waals surface area contributed by atoms with Crippen LogP contribution in [0.3, 0.4) is 0 Å². The molecule has 0 radical (unpaired) electrons. The molecule has 6 heteroatoms. The minimum absolute atomic E-state index is 0.0233. The quantitative estimate of drug-likeness (QED) is 0.450. The van der Waals surface area contributed by atoms with E-state index in [1.165, 1.54) is 0 Å². The number of nitrogens with two attached hydrogens (primary N) is 1. The van der Waals surface area contributed by atoms with Gasteiger partial charge in [-0.15, -0.1) is 0 Å². The molecule has 1 atom stereocenters. The van der Waals surface area contributed by atoms with Crippen LogP contribution < -0.4 is 16.4 Å². The summed E-state index contributed by atoms with van der Waals surface area (Å²) in [5, 5.41) is 13.3. The summed E-state index contributed by atoms with van der Waals surface area (Å²) in [6, 6.07) is 1.37. The molecule has 0 aromatic carbocycles. The zero-order chi connectivity index (χ0) is 11.0. The molecule has 14 heavy (non-hydrogen) atoms. The highest BCUT2D eigenvalue weighted by Gasteiger charge is 2.08. The number of nitriles is 1. The topological polar surface area (TPSA) is 108 Å². The summed E-state index contributed by atoms with van der Waals surface area (Å²) in [6.45, 7) is 1.92. The van der Waals surface area contributed by atoms with Crippen molar-refractivity contribution in [1.82, 2.24) is 10.6 Å². The number of nitrogens with one attached hydrogen (secondary N) is 2. The van der Waals surface area contributed by atoms with Crippen molar-refractivity contribution in [1.29, 1.82) is 5.26 Å². The van der Waals surface area contributed by atoms with Crippen LogP contribution in [-0.2, 0) is 9.59 Å². The Labute approximate surface area is 82.4 Å². The molecule has 0 heterocycles. The molecular formula is C8H14N4O2. The number of primary amides is 1. The summed E-state index contributed by atoms with van der Waals surface area (Å²) < 4.78 is 0. The van der Waals surface area contributed by atoms with Crippen LogP contribution >= 0.6 is 0 Å². The van der Waals surface area contributed by atoms with E-state index in [0.29, 0.717) is 6.54 Å². The van der Waals surface area contributed by atoms with Gasteiger partial charge in [0, 0.05) is 6.54 Å². The standard InChI is InChI=1S/C8H14N4O2/c1-6(8(10)14)12-5-7(13)11-4-2-3-9/h6,12H,2,4-5H2,1H3,(H2,10,14)(H,11,13). The van der Waals surface area contributed by atoms with Gasteiger partial charge >= 0.3 is 0 Å². The fraction of sp³-hybridized carbons (Fsp3) is 0.625. The highest BCUT2D eigenvalue weighted by molar-refractivity contribution is 5.82. The van der Waals surface area contributed by atoms with Gasteiger partial charge in [0.25, 0.3) is 0 Å². The van der Waals surface area contributed by atoms with E-state index in [1.54, 1.807) is 6.92 Å². The lowest BCUT2D eigenvalue weighted by atomic mass is 10.3.